The van der Waals surface area contributed by atoms with Crippen LogP contribution in [0.25, 0.3) is 11.1 Å². The van der Waals surface area contributed by atoms with Crippen LogP contribution in [-0.4, -0.2) is 30.2 Å². The number of rotatable bonds is 7. The fourth-order valence-electron chi connectivity index (χ4n) is 8.60. The van der Waals surface area contributed by atoms with E-state index in [0.717, 1.165) is 16.0 Å². The highest BCUT2D eigenvalue weighted by Gasteiger charge is 2.82. The zero-order valence-electron chi connectivity index (χ0n) is 26.8. The van der Waals surface area contributed by atoms with Gasteiger partial charge in [-0.2, -0.15) is 0 Å². The fraction of sp³-hybridized carbons (Fsp3) is 0.143. The van der Waals surface area contributed by atoms with Crippen molar-refractivity contribution in [1.29, 1.82) is 0 Å². The van der Waals surface area contributed by atoms with Gasteiger partial charge in [-0.3, -0.25) is 14.4 Å². The minimum atomic E-state index is -1.60. The molecule has 1 aliphatic heterocycles. The molecule has 1 saturated carbocycles. The normalized spacial score (nSPS) is 23.8. The van der Waals surface area contributed by atoms with Crippen molar-refractivity contribution in [3.05, 3.63) is 171 Å². The van der Waals surface area contributed by atoms with Crippen molar-refractivity contribution in [2.75, 3.05) is 11.5 Å². The summed E-state index contributed by atoms with van der Waals surface area (Å²) in [6, 6.07) is 39.5. The minimum absolute atomic E-state index is 0.167. The smallest absolute Gasteiger partial charge is 0.338 e. The fourth-order valence-corrected chi connectivity index (χ4v) is 8.85. The number of ketones is 1. The molecule has 246 valence electrons. The topological polar surface area (TPSA) is 80.8 Å². The highest BCUT2D eigenvalue weighted by atomic mass is 35.5. The van der Waals surface area contributed by atoms with Crippen molar-refractivity contribution in [2.45, 2.75) is 17.8 Å². The Hall–Kier alpha value is -5.30. The molecule has 4 atom stereocenters. The van der Waals surface area contributed by atoms with Crippen molar-refractivity contribution in [1.82, 2.24) is 0 Å². The molecule has 0 radical (unpaired) electrons. The van der Waals surface area contributed by atoms with Gasteiger partial charge in [-0.15, -0.1) is 0 Å². The van der Waals surface area contributed by atoms with Gasteiger partial charge in [0.2, 0.25) is 11.8 Å². The quantitative estimate of drug-likeness (QED) is 0.126. The first-order valence-electron chi connectivity index (χ1n) is 16.3. The van der Waals surface area contributed by atoms with Crippen molar-refractivity contribution in [3.8, 4) is 0 Å². The number of anilines is 1. The number of imide groups is 1. The van der Waals surface area contributed by atoms with E-state index < -0.39 is 40.4 Å². The van der Waals surface area contributed by atoms with E-state index in [1.54, 1.807) is 73.7 Å². The number of carbonyl (C=O) groups excluding carboxylic acids is 4. The second kappa shape index (κ2) is 11.9. The summed E-state index contributed by atoms with van der Waals surface area (Å²) >= 11 is 12.8. The summed E-state index contributed by atoms with van der Waals surface area (Å²) in [5.74, 6) is -4.15. The number of fused-ring (bicyclic) bond motifs is 5. The molecule has 5 aromatic carbocycles. The molecular weight excluding hydrogens is 669 g/mol. The monoisotopic (exact) mass is 697 g/mol. The van der Waals surface area contributed by atoms with Crippen LogP contribution in [0.5, 0.6) is 0 Å². The van der Waals surface area contributed by atoms with E-state index in [9.17, 15) is 4.79 Å². The molecule has 0 unspecified atom stereocenters. The average Bonchev–Trinajstić information content (AvgIpc) is 3.65. The lowest BCUT2D eigenvalue weighted by atomic mass is 9.59. The summed E-state index contributed by atoms with van der Waals surface area (Å²) in [6.45, 7) is 1.87. The molecule has 1 heterocycles. The predicted octanol–water partition coefficient (Wildman–Crippen LogP) is 8.36. The number of carbonyl (C=O) groups is 4. The third-order valence-electron chi connectivity index (χ3n) is 10.3. The second-order valence-electron chi connectivity index (χ2n) is 12.7. The highest BCUT2D eigenvalue weighted by Crippen LogP contribution is 2.74. The molecule has 3 aliphatic rings. The lowest BCUT2D eigenvalue weighted by Crippen LogP contribution is -2.45. The summed E-state index contributed by atoms with van der Waals surface area (Å²) in [5, 5.41) is 0.933. The van der Waals surface area contributed by atoms with E-state index in [2.05, 4.69) is 0 Å². The number of allylic oxidation sites excluding steroid dienone is 2. The van der Waals surface area contributed by atoms with E-state index in [1.165, 1.54) is 6.07 Å². The van der Waals surface area contributed by atoms with Crippen LogP contribution >= 0.6 is 23.2 Å². The van der Waals surface area contributed by atoms with Crippen LogP contribution in [0.1, 0.15) is 39.5 Å². The molecule has 0 aromatic heterocycles. The Morgan fingerprint density at radius 2 is 1.10 bits per heavy atom. The molecule has 2 bridgehead atoms. The van der Waals surface area contributed by atoms with Crippen LogP contribution in [0.2, 0.25) is 10.0 Å². The highest BCUT2D eigenvalue weighted by molar-refractivity contribution is 6.39. The molecular formula is C42H29Cl2NO5. The number of benzene rings is 5. The van der Waals surface area contributed by atoms with Crippen LogP contribution in [0.4, 0.5) is 5.69 Å². The maximum atomic E-state index is 16.0. The van der Waals surface area contributed by atoms with E-state index in [0.29, 0.717) is 32.3 Å². The zero-order chi connectivity index (χ0) is 34.8. The Balaban J connectivity index is 1.50. The summed E-state index contributed by atoms with van der Waals surface area (Å²) in [7, 11) is 0. The lowest BCUT2D eigenvalue weighted by Gasteiger charge is -2.39. The largest absolute Gasteiger partial charge is 0.462 e. The summed E-state index contributed by atoms with van der Waals surface area (Å²) < 4.78 is 5.22. The van der Waals surface area contributed by atoms with E-state index in [-0.39, 0.29) is 23.6 Å². The SMILES string of the molecule is CCOC(=O)c1cccc(N2C(=O)[C@@H]3[C@@H](C2=O)[C@@]2(c4ccc(Cl)cc4)C(=O)[C@@]3(c3ccc(Cl)cc3)C(c3ccccc3)=C2c2ccccc2)c1. The molecule has 50 heavy (non-hydrogen) atoms. The Kier molecular flexibility index (Phi) is 7.62. The molecule has 8 rings (SSSR count). The number of hydrogen-bond acceptors (Lipinski definition) is 5. The third kappa shape index (κ3) is 4.28. The molecule has 6 nitrogen and oxygen atoms in total. The minimum Gasteiger partial charge on any atom is -0.462 e. The van der Waals surface area contributed by atoms with E-state index in [4.69, 9.17) is 27.9 Å². The Morgan fingerprint density at radius 3 is 1.54 bits per heavy atom. The standard InChI is InChI=1S/C42H29Cl2NO5/c1-2-50-39(48)27-14-9-15-32(24-27)45-37(46)35-36(38(45)47)42(29-18-22-31(44)23-19-29)34(26-12-7-4-8-13-26)33(25-10-5-3-6-11-25)41(35,40(42)49)28-16-20-30(43)21-17-28/h3-24,35-36H,2H2,1H3/t35-,36-,41-,42-/m0/s1. The number of halogens is 2. The molecule has 2 fully saturated rings. The van der Waals surface area contributed by atoms with Gasteiger partial charge in [-0.25, -0.2) is 9.69 Å². The van der Waals surface area contributed by atoms with Crippen LogP contribution in [-0.2, 0) is 30.0 Å². The van der Waals surface area contributed by atoms with Gasteiger partial charge in [-0.05, 0) is 82.8 Å². The number of ether oxygens (including phenoxy) is 1. The third-order valence-corrected chi connectivity index (χ3v) is 10.8. The molecule has 0 spiro atoms. The van der Waals surface area contributed by atoms with Crippen molar-refractivity contribution < 1.29 is 23.9 Å². The average molecular weight is 699 g/mol. The maximum Gasteiger partial charge on any atom is 0.338 e. The number of Topliss-reactive ketones (excluding diaryl/α,β-unsaturated/α-hetero) is 1. The van der Waals surface area contributed by atoms with Gasteiger partial charge in [0.05, 0.1) is 40.5 Å². The van der Waals surface area contributed by atoms with Gasteiger partial charge < -0.3 is 4.74 Å². The van der Waals surface area contributed by atoms with Crippen LogP contribution in [0.15, 0.2) is 133 Å². The first-order chi connectivity index (χ1) is 24.3. The van der Waals surface area contributed by atoms with E-state index >= 15 is 14.4 Å². The Bertz CT molecular complexity index is 2110. The predicted molar refractivity (Wildman–Crippen MR) is 193 cm³/mol. The molecule has 1 saturated heterocycles. The number of hydrogen-bond donors (Lipinski definition) is 0. The van der Waals surface area contributed by atoms with Crippen molar-refractivity contribution in [2.24, 2.45) is 11.8 Å². The van der Waals surface area contributed by atoms with Crippen LogP contribution in [0.3, 0.4) is 0 Å². The zero-order valence-corrected chi connectivity index (χ0v) is 28.3. The molecule has 8 heteroatoms. The van der Waals surface area contributed by atoms with Crippen molar-refractivity contribution in [3.63, 3.8) is 0 Å². The Morgan fingerprint density at radius 1 is 0.640 bits per heavy atom. The first kappa shape index (κ1) is 31.9. The van der Waals surface area contributed by atoms with E-state index in [1.807, 2.05) is 60.7 Å². The summed E-state index contributed by atoms with van der Waals surface area (Å²) in [4.78, 5) is 60.3. The number of nitrogens with zero attached hydrogens (tertiary/aromatic N) is 1. The summed E-state index contributed by atoms with van der Waals surface area (Å²) in [6.07, 6.45) is 0. The molecule has 5 aromatic rings. The van der Waals surface area contributed by atoms with Gasteiger partial charge >= 0.3 is 5.97 Å². The summed E-state index contributed by atoms with van der Waals surface area (Å²) in [5.41, 5.74) is 1.20. The van der Waals surface area contributed by atoms with Gasteiger partial charge in [0.15, 0.2) is 5.78 Å². The molecule has 2 amide bonds. The van der Waals surface area contributed by atoms with Crippen LogP contribution in [0, 0.1) is 11.8 Å². The number of esters is 1. The van der Waals surface area contributed by atoms with Gasteiger partial charge in [0, 0.05) is 10.0 Å². The van der Waals surface area contributed by atoms with Gasteiger partial charge in [0.25, 0.3) is 0 Å². The van der Waals surface area contributed by atoms with Crippen LogP contribution < -0.4 is 4.90 Å². The van der Waals surface area contributed by atoms with Crippen molar-refractivity contribution >= 4 is 63.6 Å². The molecule has 2 aliphatic carbocycles. The molecule has 0 N–H and O–H groups in total. The second-order valence-corrected chi connectivity index (χ2v) is 13.6. The lowest BCUT2D eigenvalue weighted by molar-refractivity contribution is -0.130. The van der Waals surface area contributed by atoms with Gasteiger partial charge in [0.1, 0.15) is 0 Å². The van der Waals surface area contributed by atoms with Gasteiger partial charge in [-0.1, -0.05) is 114 Å². The Labute approximate surface area is 298 Å². The maximum absolute atomic E-state index is 16.0. The number of amides is 2. The first-order valence-corrected chi connectivity index (χ1v) is 17.1.